The van der Waals surface area contributed by atoms with E-state index in [1.54, 1.807) is 0 Å². The molecule has 0 aliphatic rings. The Bertz CT molecular complexity index is 2290. The maximum atomic E-state index is 2.46. The second kappa shape index (κ2) is 13.8. The summed E-state index contributed by atoms with van der Waals surface area (Å²) in [5.41, 5.74) is 17.1. The van der Waals surface area contributed by atoms with Crippen molar-refractivity contribution in [2.24, 2.45) is 0 Å². The maximum absolute atomic E-state index is 2.46. The summed E-state index contributed by atoms with van der Waals surface area (Å²) in [6.45, 7) is 27.3. The van der Waals surface area contributed by atoms with Crippen molar-refractivity contribution in [3.05, 3.63) is 166 Å². The van der Waals surface area contributed by atoms with E-state index >= 15 is 0 Å². The molecule has 0 saturated heterocycles. The van der Waals surface area contributed by atoms with E-state index in [2.05, 4.69) is 214 Å². The van der Waals surface area contributed by atoms with Crippen LogP contribution in [0.4, 0.5) is 34.1 Å². The Balaban J connectivity index is 1.54. The predicted molar refractivity (Wildman–Crippen MR) is 237 cm³/mol. The van der Waals surface area contributed by atoms with Crippen molar-refractivity contribution in [3.8, 4) is 0 Å². The second-order valence-electron chi connectivity index (χ2n) is 17.7. The fourth-order valence-electron chi connectivity index (χ4n) is 8.54. The van der Waals surface area contributed by atoms with Crippen molar-refractivity contribution < 1.29 is 0 Å². The quantitative estimate of drug-likeness (QED) is 0.159. The van der Waals surface area contributed by atoms with Crippen LogP contribution in [0.2, 0.25) is 0 Å². The number of rotatable bonds is 6. The summed E-state index contributed by atoms with van der Waals surface area (Å²) >= 11 is 0. The number of fused-ring (bicyclic) bond motifs is 2. The summed E-state index contributed by atoms with van der Waals surface area (Å²) in [7, 11) is 0. The normalized spacial score (nSPS) is 12.1. The standard InChI is InChI=1S/C52H56N2/c1-33-13-17-39(18-14-33)53(43-27-35(3)25-36(4)28-43)41-21-23-45-47(31-41)49(51(7,8)9)46-24-22-42(32-48(46)50(45)52(10,11)12)54(40-19-15-34(2)16-20-40)44-29-37(5)26-38(6)30-44/h13-32H,1-12H3. The zero-order valence-corrected chi connectivity index (χ0v) is 34.4. The Kier molecular flexibility index (Phi) is 9.47. The molecule has 0 amide bonds. The van der Waals surface area contributed by atoms with Crippen molar-refractivity contribution >= 4 is 55.7 Å². The van der Waals surface area contributed by atoms with E-state index in [0.29, 0.717) is 0 Å². The number of anilines is 6. The summed E-state index contributed by atoms with van der Waals surface area (Å²) in [4.78, 5) is 4.86. The van der Waals surface area contributed by atoms with Crippen LogP contribution in [0, 0.1) is 41.5 Å². The van der Waals surface area contributed by atoms with Crippen LogP contribution in [-0.4, -0.2) is 0 Å². The number of hydrogen-bond donors (Lipinski definition) is 0. The highest BCUT2D eigenvalue weighted by molar-refractivity contribution is 6.10. The molecule has 0 bridgehead atoms. The van der Waals surface area contributed by atoms with Crippen molar-refractivity contribution in [2.45, 2.75) is 93.9 Å². The van der Waals surface area contributed by atoms with Crippen LogP contribution in [0.1, 0.15) is 86.1 Å². The van der Waals surface area contributed by atoms with Crippen molar-refractivity contribution in [1.82, 2.24) is 0 Å². The third-order valence-electron chi connectivity index (χ3n) is 10.6. The van der Waals surface area contributed by atoms with Gasteiger partial charge in [0, 0.05) is 34.1 Å². The number of hydrogen-bond acceptors (Lipinski definition) is 2. The molecular formula is C52H56N2. The third-order valence-corrected chi connectivity index (χ3v) is 10.6. The lowest BCUT2D eigenvalue weighted by atomic mass is 9.74. The molecule has 2 heteroatoms. The Hall–Kier alpha value is -5.34. The first-order chi connectivity index (χ1) is 25.5. The third kappa shape index (κ3) is 7.15. The van der Waals surface area contributed by atoms with E-state index in [1.165, 1.54) is 77.4 Å². The molecule has 0 N–H and O–H groups in total. The van der Waals surface area contributed by atoms with Gasteiger partial charge in [0.15, 0.2) is 0 Å². The van der Waals surface area contributed by atoms with E-state index in [9.17, 15) is 0 Å². The lowest BCUT2D eigenvalue weighted by Crippen LogP contribution is -2.19. The Morgan fingerprint density at radius 1 is 0.278 bits per heavy atom. The Morgan fingerprint density at radius 2 is 0.574 bits per heavy atom. The molecule has 7 aromatic rings. The molecule has 7 aromatic carbocycles. The van der Waals surface area contributed by atoms with Crippen molar-refractivity contribution in [3.63, 3.8) is 0 Å². The molecule has 0 aliphatic carbocycles. The van der Waals surface area contributed by atoms with Crippen molar-refractivity contribution in [1.29, 1.82) is 0 Å². The Morgan fingerprint density at radius 3 is 0.870 bits per heavy atom. The highest BCUT2D eigenvalue weighted by Gasteiger charge is 2.29. The van der Waals surface area contributed by atoms with Gasteiger partial charge in [-0.2, -0.15) is 0 Å². The molecule has 7 rings (SSSR count). The number of nitrogens with zero attached hydrogens (tertiary/aromatic N) is 2. The van der Waals surface area contributed by atoms with E-state index in [0.717, 1.165) is 22.7 Å². The van der Waals surface area contributed by atoms with Crippen LogP contribution in [0.15, 0.2) is 121 Å². The highest BCUT2D eigenvalue weighted by Crippen LogP contribution is 2.48. The van der Waals surface area contributed by atoms with Gasteiger partial charge in [-0.05, 0) is 180 Å². The van der Waals surface area contributed by atoms with Gasteiger partial charge in [-0.1, -0.05) is 101 Å². The summed E-state index contributed by atoms with van der Waals surface area (Å²) in [6, 6.07) is 46.0. The molecular weight excluding hydrogens is 653 g/mol. The molecule has 0 spiro atoms. The van der Waals surface area contributed by atoms with Gasteiger partial charge in [-0.3, -0.25) is 0 Å². The summed E-state index contributed by atoms with van der Waals surface area (Å²) in [5.74, 6) is 0. The minimum Gasteiger partial charge on any atom is -0.310 e. The molecule has 0 radical (unpaired) electrons. The van der Waals surface area contributed by atoms with Gasteiger partial charge in [0.25, 0.3) is 0 Å². The number of benzene rings is 7. The van der Waals surface area contributed by atoms with Crippen molar-refractivity contribution in [2.75, 3.05) is 9.80 Å². The van der Waals surface area contributed by atoms with Gasteiger partial charge in [0.2, 0.25) is 0 Å². The average Bonchev–Trinajstić information content (AvgIpc) is 3.07. The lowest BCUT2D eigenvalue weighted by Gasteiger charge is -2.33. The molecule has 274 valence electrons. The van der Waals surface area contributed by atoms with Gasteiger partial charge in [0.1, 0.15) is 0 Å². The topological polar surface area (TPSA) is 6.48 Å². The minimum atomic E-state index is -0.119. The van der Waals surface area contributed by atoms with Gasteiger partial charge < -0.3 is 9.80 Å². The summed E-state index contributed by atoms with van der Waals surface area (Å²) in [5, 5.41) is 5.27. The average molecular weight is 709 g/mol. The lowest BCUT2D eigenvalue weighted by molar-refractivity contribution is 0.593. The van der Waals surface area contributed by atoms with E-state index < -0.39 is 0 Å². The largest absolute Gasteiger partial charge is 0.310 e. The highest BCUT2D eigenvalue weighted by atomic mass is 15.1. The van der Waals surface area contributed by atoms with Crippen LogP contribution < -0.4 is 9.80 Å². The van der Waals surface area contributed by atoms with Crippen LogP contribution >= 0.6 is 0 Å². The molecule has 0 heterocycles. The Labute approximate surface area is 324 Å². The first-order valence-electron chi connectivity index (χ1n) is 19.4. The van der Waals surface area contributed by atoms with Crippen LogP contribution in [0.3, 0.4) is 0 Å². The van der Waals surface area contributed by atoms with Crippen LogP contribution in [-0.2, 0) is 10.8 Å². The fourth-order valence-corrected chi connectivity index (χ4v) is 8.54. The van der Waals surface area contributed by atoms with Gasteiger partial charge >= 0.3 is 0 Å². The predicted octanol–water partition coefficient (Wildman–Crippen LogP) is 15.4. The van der Waals surface area contributed by atoms with Gasteiger partial charge in [-0.25, -0.2) is 0 Å². The molecule has 54 heavy (non-hydrogen) atoms. The minimum absolute atomic E-state index is 0.119. The van der Waals surface area contributed by atoms with E-state index in [4.69, 9.17) is 0 Å². The summed E-state index contributed by atoms with van der Waals surface area (Å²) < 4.78 is 0. The second-order valence-corrected chi connectivity index (χ2v) is 17.7. The first-order valence-corrected chi connectivity index (χ1v) is 19.4. The van der Waals surface area contributed by atoms with E-state index in [1.807, 2.05) is 0 Å². The molecule has 0 unspecified atom stereocenters. The van der Waals surface area contributed by atoms with Crippen LogP contribution in [0.25, 0.3) is 21.5 Å². The summed E-state index contributed by atoms with van der Waals surface area (Å²) in [6.07, 6.45) is 0. The molecule has 2 nitrogen and oxygen atoms in total. The zero-order valence-electron chi connectivity index (χ0n) is 34.4. The first kappa shape index (κ1) is 37.0. The van der Waals surface area contributed by atoms with Gasteiger partial charge in [-0.15, -0.1) is 0 Å². The van der Waals surface area contributed by atoms with Crippen LogP contribution in [0.5, 0.6) is 0 Å². The SMILES string of the molecule is Cc1ccc(N(c2cc(C)cc(C)c2)c2ccc3c(C(C)(C)C)c4cc(N(c5ccc(C)cc5)c5cc(C)cc(C)c5)ccc4c(C(C)(C)C)c3c2)cc1. The monoisotopic (exact) mass is 708 g/mol. The molecule has 0 aliphatic heterocycles. The smallest absolute Gasteiger partial charge is 0.0468 e. The molecule has 0 aromatic heterocycles. The maximum Gasteiger partial charge on any atom is 0.0468 e. The molecule has 0 saturated carbocycles. The number of aryl methyl sites for hydroxylation is 6. The fraction of sp³-hybridized carbons (Fsp3) is 0.269. The molecule has 0 atom stereocenters. The van der Waals surface area contributed by atoms with E-state index in [-0.39, 0.29) is 10.8 Å². The van der Waals surface area contributed by atoms with Gasteiger partial charge in [0.05, 0.1) is 0 Å². The zero-order chi connectivity index (χ0) is 38.7. The molecule has 0 fully saturated rings.